The highest BCUT2D eigenvalue weighted by atomic mass is 14.5. The summed E-state index contributed by atoms with van der Waals surface area (Å²) in [7, 11) is 0. The zero-order chi connectivity index (χ0) is 8.22. The summed E-state index contributed by atoms with van der Waals surface area (Å²) in [5.41, 5.74) is 3.66. The van der Waals surface area contributed by atoms with Crippen molar-refractivity contribution in [1.29, 1.82) is 0 Å². The summed E-state index contributed by atoms with van der Waals surface area (Å²) in [6.07, 6.45) is 4.71. The van der Waals surface area contributed by atoms with E-state index in [0.717, 1.165) is 11.8 Å². The van der Waals surface area contributed by atoms with E-state index < -0.39 is 0 Å². The van der Waals surface area contributed by atoms with Gasteiger partial charge in [-0.25, -0.2) is 0 Å². The Kier molecular flexibility index (Phi) is 1.17. The van der Waals surface area contributed by atoms with Crippen LogP contribution in [0, 0.1) is 17.3 Å². The molecule has 0 aromatic heterocycles. The maximum Gasteiger partial charge on any atom is 0.00479 e. The molecule has 2 aliphatic rings. The minimum atomic E-state index is 0.434. The first kappa shape index (κ1) is 7.15. The van der Waals surface area contributed by atoms with Crippen molar-refractivity contribution in [3.63, 3.8) is 0 Å². The first-order chi connectivity index (χ1) is 5.05. The second kappa shape index (κ2) is 1.80. The molecule has 0 radical (unpaired) electrons. The Hall–Kier alpha value is -0.520. The molecule has 0 saturated heterocycles. The van der Waals surface area contributed by atoms with Gasteiger partial charge in [-0.15, -0.1) is 0 Å². The number of hydrogen-bond acceptors (Lipinski definition) is 0. The predicted octanol–water partition coefficient (Wildman–Crippen LogP) is 3.16. The smallest absolute Gasteiger partial charge is 0.00479 e. The molecular weight excluding hydrogens is 132 g/mol. The fourth-order valence-electron chi connectivity index (χ4n) is 2.44. The molecule has 2 unspecified atom stereocenters. The van der Waals surface area contributed by atoms with Gasteiger partial charge in [0.25, 0.3) is 0 Å². The Balaban J connectivity index is 2.47. The summed E-state index contributed by atoms with van der Waals surface area (Å²) in [5.74, 6) is 1.59. The predicted molar refractivity (Wildman–Crippen MR) is 48.3 cm³/mol. The lowest BCUT2D eigenvalue weighted by Crippen LogP contribution is -2.27. The Bertz CT molecular complexity index is 253. The molecule has 2 atom stereocenters. The van der Waals surface area contributed by atoms with Crippen LogP contribution in [-0.2, 0) is 0 Å². The normalized spacial score (nSPS) is 38.9. The van der Waals surface area contributed by atoms with Crippen LogP contribution in [0.3, 0.4) is 0 Å². The molecule has 0 heteroatoms. The quantitative estimate of drug-likeness (QED) is 0.463. The first-order valence-electron chi connectivity index (χ1n) is 4.41. The monoisotopic (exact) mass is 148 g/mol. The summed E-state index contributed by atoms with van der Waals surface area (Å²) in [4.78, 5) is 0. The molecule has 60 valence electrons. The average Bonchev–Trinajstić information content (AvgIpc) is 1.89. The second-order valence-corrected chi connectivity index (χ2v) is 4.47. The highest BCUT2D eigenvalue weighted by molar-refractivity contribution is 5.39. The maximum absolute atomic E-state index is 2.37. The van der Waals surface area contributed by atoms with E-state index in [-0.39, 0.29) is 0 Å². The molecule has 0 saturated carbocycles. The molecule has 0 N–H and O–H groups in total. The van der Waals surface area contributed by atoms with Gasteiger partial charge in [0.1, 0.15) is 0 Å². The molecule has 0 aromatic carbocycles. The Labute approximate surface area is 69.0 Å². The number of fused-ring (bicyclic) bond motifs is 1. The Morgan fingerprint density at radius 1 is 1.18 bits per heavy atom. The van der Waals surface area contributed by atoms with Crippen LogP contribution in [0.1, 0.15) is 27.7 Å². The molecular formula is C11H16. The molecule has 0 fully saturated rings. The van der Waals surface area contributed by atoms with Crippen molar-refractivity contribution >= 4 is 0 Å². The Morgan fingerprint density at radius 3 is 2.00 bits per heavy atom. The van der Waals surface area contributed by atoms with E-state index >= 15 is 0 Å². The van der Waals surface area contributed by atoms with E-state index in [1.165, 1.54) is 0 Å². The highest BCUT2D eigenvalue weighted by Gasteiger charge is 2.45. The summed E-state index contributed by atoms with van der Waals surface area (Å²) < 4.78 is 0. The number of rotatable bonds is 0. The maximum atomic E-state index is 2.37. The van der Waals surface area contributed by atoms with Gasteiger partial charge in [0.15, 0.2) is 0 Å². The third kappa shape index (κ3) is 0.654. The average molecular weight is 148 g/mol. The first-order valence-corrected chi connectivity index (χ1v) is 4.41. The molecule has 0 aromatic rings. The number of allylic oxidation sites excluding steroid dienone is 4. The van der Waals surface area contributed by atoms with Gasteiger partial charge in [-0.05, 0) is 25.2 Å². The lowest BCUT2D eigenvalue weighted by atomic mass is 9.69. The van der Waals surface area contributed by atoms with Gasteiger partial charge in [0.05, 0.1) is 0 Å². The fourth-order valence-corrected chi connectivity index (χ4v) is 2.44. The Morgan fingerprint density at radius 2 is 1.82 bits per heavy atom. The highest BCUT2D eigenvalue weighted by Crippen LogP contribution is 2.55. The summed E-state index contributed by atoms with van der Waals surface area (Å²) in [5, 5.41) is 0. The second-order valence-electron chi connectivity index (χ2n) is 4.47. The zero-order valence-electron chi connectivity index (χ0n) is 7.81. The van der Waals surface area contributed by atoms with Gasteiger partial charge < -0.3 is 0 Å². The van der Waals surface area contributed by atoms with Gasteiger partial charge in [-0.2, -0.15) is 0 Å². The van der Waals surface area contributed by atoms with E-state index in [9.17, 15) is 0 Å². The van der Waals surface area contributed by atoms with Gasteiger partial charge in [-0.3, -0.25) is 0 Å². The zero-order valence-corrected chi connectivity index (χ0v) is 7.81. The molecule has 0 spiro atoms. The van der Waals surface area contributed by atoms with E-state index in [1.54, 1.807) is 11.1 Å². The van der Waals surface area contributed by atoms with Crippen molar-refractivity contribution in [3.05, 3.63) is 23.3 Å². The minimum absolute atomic E-state index is 0.434. The van der Waals surface area contributed by atoms with Gasteiger partial charge >= 0.3 is 0 Å². The van der Waals surface area contributed by atoms with Crippen molar-refractivity contribution in [2.24, 2.45) is 17.3 Å². The SMILES string of the molecule is CC1=C(C)C(C)(C)C2C=CC12. The van der Waals surface area contributed by atoms with Crippen LogP contribution in [0.15, 0.2) is 23.3 Å². The lowest BCUT2D eigenvalue weighted by molar-refractivity contribution is 0.292. The molecule has 0 nitrogen and oxygen atoms in total. The van der Waals surface area contributed by atoms with Crippen molar-refractivity contribution in [1.82, 2.24) is 0 Å². The molecule has 0 amide bonds. The molecule has 2 aliphatic carbocycles. The van der Waals surface area contributed by atoms with Crippen LogP contribution >= 0.6 is 0 Å². The van der Waals surface area contributed by atoms with Gasteiger partial charge in [0, 0.05) is 5.92 Å². The third-order valence-corrected chi connectivity index (χ3v) is 3.80. The van der Waals surface area contributed by atoms with E-state index in [1.807, 2.05) is 0 Å². The van der Waals surface area contributed by atoms with Crippen LogP contribution in [-0.4, -0.2) is 0 Å². The summed E-state index contributed by atoms with van der Waals surface area (Å²) >= 11 is 0. The summed E-state index contributed by atoms with van der Waals surface area (Å²) in [6, 6.07) is 0. The molecule has 11 heavy (non-hydrogen) atoms. The fraction of sp³-hybridized carbons (Fsp3) is 0.636. The number of hydrogen-bond donors (Lipinski definition) is 0. The van der Waals surface area contributed by atoms with Crippen LogP contribution in [0.25, 0.3) is 0 Å². The van der Waals surface area contributed by atoms with E-state index in [2.05, 4.69) is 39.8 Å². The summed E-state index contributed by atoms with van der Waals surface area (Å²) in [6.45, 7) is 9.29. The van der Waals surface area contributed by atoms with Crippen LogP contribution in [0.4, 0.5) is 0 Å². The van der Waals surface area contributed by atoms with Crippen molar-refractivity contribution < 1.29 is 0 Å². The molecule has 0 bridgehead atoms. The largest absolute Gasteiger partial charge is 0.0830 e. The van der Waals surface area contributed by atoms with E-state index in [4.69, 9.17) is 0 Å². The van der Waals surface area contributed by atoms with E-state index in [0.29, 0.717) is 5.41 Å². The van der Waals surface area contributed by atoms with Crippen molar-refractivity contribution in [2.45, 2.75) is 27.7 Å². The van der Waals surface area contributed by atoms with Crippen molar-refractivity contribution in [2.75, 3.05) is 0 Å². The standard InChI is InChI=1S/C11H16/c1-7-8(2)11(3,4)10-6-5-9(7)10/h5-6,9-10H,1-4H3. The molecule has 0 aliphatic heterocycles. The van der Waals surface area contributed by atoms with Crippen LogP contribution in [0.5, 0.6) is 0 Å². The van der Waals surface area contributed by atoms with Crippen molar-refractivity contribution in [3.8, 4) is 0 Å². The van der Waals surface area contributed by atoms with Gasteiger partial charge in [-0.1, -0.05) is 37.1 Å². The molecule has 2 rings (SSSR count). The van der Waals surface area contributed by atoms with Crippen LogP contribution < -0.4 is 0 Å². The van der Waals surface area contributed by atoms with Gasteiger partial charge in [0.2, 0.25) is 0 Å². The topological polar surface area (TPSA) is 0 Å². The third-order valence-electron chi connectivity index (χ3n) is 3.80. The lowest BCUT2D eigenvalue weighted by Gasteiger charge is -2.34. The molecule has 0 heterocycles. The minimum Gasteiger partial charge on any atom is -0.0830 e. The van der Waals surface area contributed by atoms with Crippen LogP contribution in [0.2, 0.25) is 0 Å².